The van der Waals surface area contributed by atoms with E-state index in [-0.39, 0.29) is 0 Å². The van der Waals surface area contributed by atoms with Crippen molar-refractivity contribution in [3.8, 4) is 11.3 Å². The predicted octanol–water partition coefficient (Wildman–Crippen LogP) is 2.81. The largest absolute Gasteiger partial charge is 0.331 e. The van der Waals surface area contributed by atoms with Crippen molar-refractivity contribution >= 4 is 11.6 Å². The number of aryl methyl sites for hydroxylation is 1. The van der Waals surface area contributed by atoms with Crippen molar-refractivity contribution in [2.75, 3.05) is 13.6 Å². The van der Waals surface area contributed by atoms with E-state index in [1.807, 2.05) is 37.8 Å². The van der Waals surface area contributed by atoms with E-state index in [1.165, 1.54) is 0 Å². The average molecular weight is 250 g/mol. The number of imidazole rings is 1. The first-order chi connectivity index (χ1) is 8.31. The topological polar surface area (TPSA) is 29.9 Å². The van der Waals surface area contributed by atoms with Gasteiger partial charge in [-0.25, -0.2) is 4.98 Å². The molecule has 0 atom stereocenters. The van der Waals surface area contributed by atoms with Gasteiger partial charge >= 0.3 is 0 Å². The number of benzene rings is 1. The zero-order valence-corrected chi connectivity index (χ0v) is 10.6. The number of aromatic nitrogens is 2. The molecule has 0 aliphatic carbocycles. The number of nitrogens with zero attached hydrogens (tertiary/aromatic N) is 2. The Labute approximate surface area is 106 Å². The van der Waals surface area contributed by atoms with Crippen LogP contribution in [0.3, 0.4) is 0 Å². The van der Waals surface area contributed by atoms with Gasteiger partial charge in [0.05, 0.1) is 18.2 Å². The van der Waals surface area contributed by atoms with Gasteiger partial charge in [0.2, 0.25) is 0 Å². The molecule has 0 amide bonds. The zero-order valence-electron chi connectivity index (χ0n) is 9.86. The molecule has 0 radical (unpaired) electrons. The van der Waals surface area contributed by atoms with Gasteiger partial charge in [0, 0.05) is 17.1 Å². The quantitative estimate of drug-likeness (QED) is 0.826. The summed E-state index contributed by atoms with van der Waals surface area (Å²) in [4.78, 5) is 4.21. The summed E-state index contributed by atoms with van der Waals surface area (Å²) in [6.45, 7) is 1.97. The molecule has 1 aromatic carbocycles. The minimum atomic E-state index is 0.755. The first-order valence-electron chi connectivity index (χ1n) is 5.72. The van der Waals surface area contributed by atoms with Crippen LogP contribution in [-0.2, 0) is 6.54 Å². The van der Waals surface area contributed by atoms with Crippen LogP contribution in [0.4, 0.5) is 0 Å². The van der Waals surface area contributed by atoms with Gasteiger partial charge in [0.1, 0.15) is 0 Å². The van der Waals surface area contributed by atoms with E-state index in [4.69, 9.17) is 11.6 Å². The van der Waals surface area contributed by atoms with Gasteiger partial charge in [0.25, 0.3) is 0 Å². The maximum absolute atomic E-state index is 6.00. The van der Waals surface area contributed by atoms with E-state index in [9.17, 15) is 0 Å². The molecule has 3 nitrogen and oxygen atoms in total. The van der Waals surface area contributed by atoms with Crippen LogP contribution in [0.5, 0.6) is 0 Å². The summed E-state index contributed by atoms with van der Waals surface area (Å²) in [5.41, 5.74) is 2.23. The molecule has 0 bridgehead atoms. The van der Waals surface area contributed by atoms with Crippen molar-refractivity contribution in [2.24, 2.45) is 0 Å². The van der Waals surface area contributed by atoms with Gasteiger partial charge in [-0.2, -0.15) is 0 Å². The summed E-state index contributed by atoms with van der Waals surface area (Å²) < 4.78 is 2.16. The molecule has 1 N–H and O–H groups in total. The van der Waals surface area contributed by atoms with E-state index < -0.39 is 0 Å². The Hall–Kier alpha value is -1.32. The highest BCUT2D eigenvalue weighted by Crippen LogP contribution is 2.22. The van der Waals surface area contributed by atoms with Crippen LogP contribution in [0.15, 0.2) is 36.8 Å². The molecule has 0 aliphatic rings. The van der Waals surface area contributed by atoms with E-state index in [1.54, 1.807) is 0 Å². The van der Waals surface area contributed by atoms with Crippen LogP contribution in [0.2, 0.25) is 5.02 Å². The fraction of sp³-hybridized carbons (Fsp3) is 0.308. The number of hydrogen-bond donors (Lipinski definition) is 1. The molecule has 17 heavy (non-hydrogen) atoms. The second kappa shape index (κ2) is 5.84. The molecule has 2 rings (SSSR count). The third-order valence-electron chi connectivity index (χ3n) is 2.66. The molecule has 0 unspecified atom stereocenters. The molecule has 0 spiro atoms. The van der Waals surface area contributed by atoms with Crippen LogP contribution < -0.4 is 5.32 Å². The predicted molar refractivity (Wildman–Crippen MR) is 71.2 cm³/mol. The first-order valence-corrected chi connectivity index (χ1v) is 6.09. The van der Waals surface area contributed by atoms with Gasteiger partial charge < -0.3 is 9.88 Å². The third-order valence-corrected chi connectivity index (χ3v) is 2.89. The van der Waals surface area contributed by atoms with Crippen molar-refractivity contribution < 1.29 is 0 Å². The first kappa shape index (κ1) is 12.1. The van der Waals surface area contributed by atoms with Crippen molar-refractivity contribution in [3.63, 3.8) is 0 Å². The fourth-order valence-corrected chi connectivity index (χ4v) is 2.00. The molecular weight excluding hydrogens is 234 g/mol. The van der Waals surface area contributed by atoms with Crippen molar-refractivity contribution in [1.82, 2.24) is 14.9 Å². The lowest BCUT2D eigenvalue weighted by molar-refractivity contribution is 0.616. The highest BCUT2D eigenvalue weighted by molar-refractivity contribution is 6.30. The lowest BCUT2D eigenvalue weighted by Crippen LogP contribution is -2.11. The van der Waals surface area contributed by atoms with Crippen LogP contribution in [-0.4, -0.2) is 23.1 Å². The van der Waals surface area contributed by atoms with E-state index in [0.29, 0.717) is 0 Å². The molecule has 0 saturated heterocycles. The smallest absolute Gasteiger partial charge is 0.0950 e. The summed E-state index contributed by atoms with van der Waals surface area (Å²) in [7, 11) is 1.96. The summed E-state index contributed by atoms with van der Waals surface area (Å²) in [5.74, 6) is 0. The minimum absolute atomic E-state index is 0.755. The van der Waals surface area contributed by atoms with E-state index in [0.717, 1.165) is 35.8 Å². The van der Waals surface area contributed by atoms with Gasteiger partial charge in [-0.15, -0.1) is 0 Å². The monoisotopic (exact) mass is 249 g/mol. The Balaban J connectivity index is 2.18. The molecule has 1 heterocycles. The minimum Gasteiger partial charge on any atom is -0.331 e. The molecule has 1 aromatic heterocycles. The number of rotatable bonds is 5. The van der Waals surface area contributed by atoms with E-state index in [2.05, 4.69) is 20.9 Å². The number of halogens is 1. The lowest BCUT2D eigenvalue weighted by Gasteiger charge is -2.08. The molecule has 0 fully saturated rings. The van der Waals surface area contributed by atoms with Crippen LogP contribution >= 0.6 is 11.6 Å². The van der Waals surface area contributed by atoms with Crippen molar-refractivity contribution in [2.45, 2.75) is 13.0 Å². The summed E-state index contributed by atoms with van der Waals surface area (Å²) >= 11 is 6.00. The normalized spacial score (nSPS) is 10.7. The maximum Gasteiger partial charge on any atom is 0.0950 e. The van der Waals surface area contributed by atoms with Crippen LogP contribution in [0.1, 0.15) is 6.42 Å². The van der Waals surface area contributed by atoms with Crippen LogP contribution in [0, 0.1) is 0 Å². The van der Waals surface area contributed by atoms with E-state index >= 15 is 0 Å². The van der Waals surface area contributed by atoms with Gasteiger partial charge in [-0.3, -0.25) is 0 Å². The third kappa shape index (κ3) is 3.08. The second-order valence-electron chi connectivity index (χ2n) is 3.94. The SMILES string of the molecule is CNCCCn1cncc1-c1cccc(Cl)c1. The fourth-order valence-electron chi connectivity index (χ4n) is 1.81. The lowest BCUT2D eigenvalue weighted by atomic mass is 10.1. The Morgan fingerprint density at radius 3 is 3.06 bits per heavy atom. The molecular formula is C13H16ClN3. The standard InChI is InChI=1S/C13H16ClN3/c1-15-6-3-7-17-10-16-9-13(17)11-4-2-5-12(14)8-11/h2,4-5,8-10,15H,3,6-7H2,1H3. The Morgan fingerprint density at radius 1 is 1.41 bits per heavy atom. The molecule has 4 heteroatoms. The Kier molecular flexibility index (Phi) is 4.18. The number of hydrogen-bond acceptors (Lipinski definition) is 2. The van der Waals surface area contributed by atoms with Gasteiger partial charge in [-0.05, 0) is 32.1 Å². The molecule has 0 saturated carbocycles. The second-order valence-corrected chi connectivity index (χ2v) is 4.38. The van der Waals surface area contributed by atoms with Gasteiger partial charge in [0.15, 0.2) is 0 Å². The average Bonchev–Trinajstić information content (AvgIpc) is 2.78. The molecule has 2 aromatic rings. The zero-order chi connectivity index (χ0) is 12.1. The van der Waals surface area contributed by atoms with Crippen molar-refractivity contribution in [1.29, 1.82) is 0 Å². The molecule has 90 valence electrons. The Morgan fingerprint density at radius 2 is 2.29 bits per heavy atom. The summed E-state index contributed by atoms with van der Waals surface area (Å²) in [6.07, 6.45) is 4.83. The maximum atomic E-state index is 6.00. The van der Waals surface area contributed by atoms with Crippen LogP contribution in [0.25, 0.3) is 11.3 Å². The number of nitrogens with one attached hydrogen (secondary N) is 1. The van der Waals surface area contributed by atoms with Crippen molar-refractivity contribution in [3.05, 3.63) is 41.8 Å². The summed E-state index contributed by atoms with van der Waals surface area (Å²) in [5, 5.41) is 3.90. The Bertz CT molecular complexity index is 479. The molecule has 0 aliphatic heterocycles. The summed E-state index contributed by atoms with van der Waals surface area (Å²) in [6, 6.07) is 7.86. The highest BCUT2D eigenvalue weighted by Gasteiger charge is 2.04. The van der Waals surface area contributed by atoms with Gasteiger partial charge in [-0.1, -0.05) is 23.7 Å². The highest BCUT2D eigenvalue weighted by atomic mass is 35.5.